The molecule has 0 aliphatic rings. The Morgan fingerprint density at radius 2 is 1.79 bits per heavy atom. The number of amides is 2. The van der Waals surface area contributed by atoms with Crippen LogP contribution in [-0.2, 0) is 28.9 Å². The number of hydrogen-bond acceptors (Lipinski definition) is 7. The highest BCUT2D eigenvalue weighted by molar-refractivity contribution is 6.06. The zero-order valence-corrected chi connectivity index (χ0v) is 25.4. The van der Waals surface area contributed by atoms with E-state index in [-0.39, 0.29) is 12.5 Å². The predicted molar refractivity (Wildman–Crippen MR) is 166 cm³/mol. The third-order valence-corrected chi connectivity index (χ3v) is 6.56. The molecule has 2 amide bonds. The van der Waals surface area contributed by atoms with Crippen molar-refractivity contribution >= 4 is 45.4 Å². The van der Waals surface area contributed by atoms with Gasteiger partial charge in [-0.05, 0) is 76.8 Å². The lowest BCUT2D eigenvalue weighted by molar-refractivity contribution is -0.115. The number of aryl methyl sites for hydroxylation is 1. The smallest absolute Gasteiger partial charge is 0.408 e. The number of benzene rings is 2. The molecule has 0 radical (unpaired) electrons. The molecule has 0 saturated heterocycles. The summed E-state index contributed by atoms with van der Waals surface area (Å²) in [6.45, 7) is 11.2. The standard InChI is InChI=1S/C32H42N6O4/c1-7-8-12-25-37-27-28(38(25)19-32(5,6)41)23-14-13-21(17-24(23)36-29(27)33)15-20-10-9-11-22(16-20)35-26(39)18-34-30(40)42-31(2,3)4/h9-11,13-14,16-17,41H,7-8,12,15,18-19H2,1-6H3,(H2,33,36)(H,34,40)(H,35,39). The lowest BCUT2D eigenvalue weighted by atomic mass is 10.0. The van der Waals surface area contributed by atoms with E-state index in [2.05, 4.69) is 33.2 Å². The Morgan fingerprint density at radius 3 is 2.48 bits per heavy atom. The fourth-order valence-corrected chi connectivity index (χ4v) is 4.86. The normalized spacial score (nSPS) is 12.1. The third-order valence-electron chi connectivity index (χ3n) is 6.56. The molecular formula is C32H42N6O4. The molecule has 4 rings (SSSR count). The summed E-state index contributed by atoms with van der Waals surface area (Å²) in [7, 11) is 0. The number of nitrogens with zero attached hydrogens (tertiary/aromatic N) is 3. The van der Waals surface area contributed by atoms with E-state index in [0.29, 0.717) is 30.0 Å². The molecule has 0 saturated carbocycles. The van der Waals surface area contributed by atoms with Gasteiger partial charge in [0.2, 0.25) is 5.91 Å². The Hall–Kier alpha value is -4.18. The fourth-order valence-electron chi connectivity index (χ4n) is 4.86. The Balaban J connectivity index is 1.55. The predicted octanol–water partition coefficient (Wildman–Crippen LogP) is 5.33. The van der Waals surface area contributed by atoms with Crippen LogP contribution in [0.2, 0.25) is 0 Å². The van der Waals surface area contributed by atoms with Gasteiger partial charge in [-0.15, -0.1) is 0 Å². The fraction of sp³-hybridized carbons (Fsp3) is 0.438. The average Bonchev–Trinajstić information content (AvgIpc) is 3.23. The Labute approximate surface area is 246 Å². The third kappa shape index (κ3) is 7.97. The molecule has 2 aromatic carbocycles. The number of carbonyl (C=O) groups excluding carboxylic acids is 2. The largest absolute Gasteiger partial charge is 0.444 e. The van der Waals surface area contributed by atoms with Crippen LogP contribution < -0.4 is 16.4 Å². The number of fused-ring (bicyclic) bond motifs is 3. The highest BCUT2D eigenvalue weighted by Gasteiger charge is 2.22. The summed E-state index contributed by atoms with van der Waals surface area (Å²) < 4.78 is 7.26. The van der Waals surface area contributed by atoms with Crippen molar-refractivity contribution in [2.24, 2.45) is 0 Å². The Morgan fingerprint density at radius 1 is 1.05 bits per heavy atom. The van der Waals surface area contributed by atoms with Crippen LogP contribution in [0.3, 0.4) is 0 Å². The summed E-state index contributed by atoms with van der Waals surface area (Å²) in [5.41, 5.74) is 9.82. The molecule has 4 aromatic rings. The number of anilines is 2. The summed E-state index contributed by atoms with van der Waals surface area (Å²) >= 11 is 0. The number of hydrogen-bond donors (Lipinski definition) is 4. The molecule has 0 fully saturated rings. The number of aromatic nitrogens is 3. The molecule has 224 valence electrons. The van der Waals surface area contributed by atoms with Crippen LogP contribution in [0.1, 0.15) is 71.3 Å². The van der Waals surface area contributed by atoms with Crippen LogP contribution in [0, 0.1) is 0 Å². The second kappa shape index (κ2) is 12.4. The molecule has 0 spiro atoms. The Bertz CT molecular complexity index is 1600. The van der Waals surface area contributed by atoms with E-state index in [1.165, 1.54) is 0 Å². The van der Waals surface area contributed by atoms with Gasteiger partial charge in [0.1, 0.15) is 23.5 Å². The molecule has 2 heterocycles. The van der Waals surface area contributed by atoms with Crippen molar-refractivity contribution < 1.29 is 19.4 Å². The molecule has 42 heavy (non-hydrogen) atoms. The van der Waals surface area contributed by atoms with Crippen LogP contribution in [-0.4, -0.2) is 49.4 Å². The van der Waals surface area contributed by atoms with Crippen molar-refractivity contribution in [2.45, 2.75) is 85.0 Å². The minimum atomic E-state index is -0.925. The maximum absolute atomic E-state index is 12.4. The van der Waals surface area contributed by atoms with Gasteiger partial charge < -0.3 is 30.8 Å². The van der Waals surface area contributed by atoms with E-state index in [0.717, 1.165) is 52.6 Å². The highest BCUT2D eigenvalue weighted by atomic mass is 16.6. The molecule has 0 atom stereocenters. The van der Waals surface area contributed by atoms with Gasteiger partial charge in [0.05, 0.1) is 23.2 Å². The van der Waals surface area contributed by atoms with Gasteiger partial charge in [-0.3, -0.25) is 4.79 Å². The summed E-state index contributed by atoms with van der Waals surface area (Å²) in [5.74, 6) is 0.916. The average molecular weight is 575 g/mol. The van der Waals surface area contributed by atoms with Crippen molar-refractivity contribution in [3.63, 3.8) is 0 Å². The first-order chi connectivity index (χ1) is 19.7. The van der Waals surface area contributed by atoms with Crippen LogP contribution in [0.5, 0.6) is 0 Å². The number of ether oxygens (including phenoxy) is 1. The molecule has 10 heteroatoms. The molecule has 0 aliphatic heterocycles. The van der Waals surface area contributed by atoms with Crippen LogP contribution in [0.15, 0.2) is 42.5 Å². The number of alkyl carbamates (subject to hydrolysis) is 1. The van der Waals surface area contributed by atoms with E-state index < -0.39 is 17.3 Å². The number of carbonyl (C=O) groups is 2. The van der Waals surface area contributed by atoms with Gasteiger partial charge in [-0.25, -0.2) is 14.8 Å². The molecule has 0 aliphatic carbocycles. The molecular weight excluding hydrogens is 532 g/mol. The van der Waals surface area contributed by atoms with Gasteiger partial charge in [-0.1, -0.05) is 37.6 Å². The number of nitrogens with two attached hydrogens (primary N) is 1. The summed E-state index contributed by atoms with van der Waals surface area (Å²) in [6, 6.07) is 13.7. The maximum Gasteiger partial charge on any atom is 0.408 e. The van der Waals surface area contributed by atoms with E-state index in [9.17, 15) is 14.7 Å². The zero-order chi connectivity index (χ0) is 30.7. The van der Waals surface area contributed by atoms with Crippen LogP contribution in [0.4, 0.5) is 16.3 Å². The van der Waals surface area contributed by atoms with Crippen molar-refractivity contribution in [3.05, 3.63) is 59.4 Å². The van der Waals surface area contributed by atoms with Crippen molar-refractivity contribution in [1.82, 2.24) is 19.9 Å². The minimum Gasteiger partial charge on any atom is -0.444 e. The van der Waals surface area contributed by atoms with Gasteiger partial charge in [0.15, 0.2) is 5.82 Å². The summed E-state index contributed by atoms with van der Waals surface area (Å²) in [5, 5.41) is 16.9. The van der Waals surface area contributed by atoms with Gasteiger partial charge >= 0.3 is 6.09 Å². The number of imidazole rings is 1. The second-order valence-electron chi connectivity index (χ2n) is 12.4. The van der Waals surface area contributed by atoms with E-state index in [1.807, 2.05) is 30.3 Å². The first-order valence-electron chi connectivity index (χ1n) is 14.4. The van der Waals surface area contributed by atoms with Crippen LogP contribution in [0.25, 0.3) is 21.9 Å². The maximum atomic E-state index is 12.4. The molecule has 2 aromatic heterocycles. The summed E-state index contributed by atoms with van der Waals surface area (Å²) in [6.07, 6.45) is 2.79. The van der Waals surface area contributed by atoms with Crippen molar-refractivity contribution in [3.8, 4) is 0 Å². The summed E-state index contributed by atoms with van der Waals surface area (Å²) in [4.78, 5) is 33.8. The lowest BCUT2D eigenvalue weighted by Crippen LogP contribution is -2.37. The van der Waals surface area contributed by atoms with Gasteiger partial charge in [-0.2, -0.15) is 0 Å². The number of unbranched alkanes of at least 4 members (excludes halogenated alkanes) is 1. The number of nitrogen functional groups attached to an aromatic ring is 1. The number of pyridine rings is 1. The number of rotatable bonds is 10. The van der Waals surface area contributed by atoms with E-state index in [4.69, 9.17) is 15.5 Å². The highest BCUT2D eigenvalue weighted by Crippen LogP contribution is 2.31. The first-order valence-corrected chi connectivity index (χ1v) is 14.4. The number of aliphatic hydroxyl groups is 1. The quantitative estimate of drug-likeness (QED) is 0.200. The molecule has 0 bridgehead atoms. The van der Waals surface area contributed by atoms with Crippen molar-refractivity contribution in [2.75, 3.05) is 17.6 Å². The first kappa shape index (κ1) is 30.8. The van der Waals surface area contributed by atoms with E-state index >= 15 is 0 Å². The molecule has 5 N–H and O–H groups in total. The zero-order valence-electron chi connectivity index (χ0n) is 25.4. The Kier molecular flexibility index (Phi) is 9.06. The molecule has 10 nitrogen and oxygen atoms in total. The van der Waals surface area contributed by atoms with Gasteiger partial charge in [0.25, 0.3) is 0 Å². The SMILES string of the molecule is CCCCc1nc2c(N)nc3cc(Cc4cccc(NC(=O)CNC(=O)OC(C)(C)C)c4)ccc3c2n1CC(C)(C)O. The van der Waals surface area contributed by atoms with Crippen LogP contribution >= 0.6 is 0 Å². The minimum absolute atomic E-state index is 0.199. The molecule has 0 unspecified atom stereocenters. The monoisotopic (exact) mass is 574 g/mol. The van der Waals surface area contributed by atoms with Crippen molar-refractivity contribution in [1.29, 1.82) is 0 Å². The lowest BCUT2D eigenvalue weighted by Gasteiger charge is -2.21. The van der Waals surface area contributed by atoms with Gasteiger partial charge in [0, 0.05) is 17.5 Å². The van der Waals surface area contributed by atoms with E-state index in [1.54, 1.807) is 40.7 Å². The number of nitrogens with one attached hydrogen (secondary N) is 2. The topological polar surface area (TPSA) is 144 Å². The second-order valence-corrected chi connectivity index (χ2v) is 12.4.